The monoisotopic (exact) mass is 317 g/mol. The topological polar surface area (TPSA) is 128 Å². The molecule has 0 amide bonds. The molecule has 0 bridgehead atoms. The molecule has 3 aromatic rings. The molecule has 0 aliphatic heterocycles. The van der Waals surface area contributed by atoms with E-state index in [1.807, 2.05) is 0 Å². The summed E-state index contributed by atoms with van der Waals surface area (Å²) in [5.41, 5.74) is 0.644. The van der Waals surface area contributed by atoms with Crippen LogP contribution in [-0.2, 0) is 0 Å². The van der Waals surface area contributed by atoms with E-state index in [9.17, 15) is 20.2 Å². The average molecular weight is 317 g/mol. The van der Waals surface area contributed by atoms with Gasteiger partial charge in [0.2, 0.25) is 0 Å². The Hall–Kier alpha value is -3.01. The molecule has 0 fully saturated rings. The Bertz CT molecular complexity index is 894. The second kappa shape index (κ2) is 5.41. The van der Waals surface area contributed by atoms with Crippen molar-refractivity contribution in [1.29, 1.82) is 0 Å². The van der Waals surface area contributed by atoms with Gasteiger partial charge in [-0.15, -0.1) is 5.10 Å². The molecule has 0 radical (unpaired) electrons. The Kier molecular flexibility index (Phi) is 3.43. The van der Waals surface area contributed by atoms with Crippen molar-refractivity contribution < 1.29 is 9.85 Å². The summed E-state index contributed by atoms with van der Waals surface area (Å²) in [6, 6.07) is 8.84. The maximum Gasteiger partial charge on any atom is 0.290 e. The highest BCUT2D eigenvalue weighted by Crippen LogP contribution is 2.38. The van der Waals surface area contributed by atoms with E-state index in [2.05, 4.69) is 15.4 Å². The van der Waals surface area contributed by atoms with Crippen LogP contribution in [0.5, 0.6) is 0 Å². The predicted molar refractivity (Wildman–Crippen MR) is 77.8 cm³/mol. The number of rotatable bonds is 4. The highest BCUT2D eigenvalue weighted by atomic mass is 32.2. The predicted octanol–water partition coefficient (Wildman–Crippen LogP) is 2.93. The number of aromatic amines is 1. The normalized spacial score (nSPS) is 10.7. The van der Waals surface area contributed by atoms with Crippen LogP contribution in [0.25, 0.3) is 11.0 Å². The van der Waals surface area contributed by atoms with Crippen molar-refractivity contribution in [2.24, 2.45) is 0 Å². The van der Waals surface area contributed by atoms with Crippen molar-refractivity contribution in [3.8, 4) is 0 Å². The fourth-order valence-corrected chi connectivity index (χ4v) is 2.90. The van der Waals surface area contributed by atoms with E-state index in [0.717, 1.165) is 17.8 Å². The number of nitro benzene ring substituents is 2. The molecule has 0 atom stereocenters. The number of H-pyrrole nitrogens is 1. The lowest BCUT2D eigenvalue weighted by Gasteiger charge is -2.03. The van der Waals surface area contributed by atoms with Gasteiger partial charge in [-0.1, -0.05) is 23.0 Å². The first kappa shape index (κ1) is 13.9. The van der Waals surface area contributed by atoms with Gasteiger partial charge in [0.15, 0.2) is 0 Å². The Morgan fingerprint density at radius 3 is 2.59 bits per heavy atom. The minimum atomic E-state index is -0.667. The highest BCUT2D eigenvalue weighted by Gasteiger charge is 2.21. The van der Waals surface area contributed by atoms with Gasteiger partial charge in [-0.3, -0.25) is 25.3 Å². The second-order valence-electron chi connectivity index (χ2n) is 4.23. The number of benzene rings is 2. The maximum absolute atomic E-state index is 11.1. The van der Waals surface area contributed by atoms with E-state index < -0.39 is 9.85 Å². The fourth-order valence-electron chi connectivity index (χ4n) is 1.89. The molecule has 0 unspecified atom stereocenters. The van der Waals surface area contributed by atoms with Crippen molar-refractivity contribution in [1.82, 2.24) is 15.4 Å². The van der Waals surface area contributed by atoms with Crippen LogP contribution in [0.1, 0.15) is 0 Å². The third-order valence-corrected chi connectivity index (χ3v) is 4.00. The zero-order chi connectivity index (χ0) is 15.7. The first-order valence-electron chi connectivity index (χ1n) is 5.97. The summed E-state index contributed by atoms with van der Waals surface area (Å²) < 4.78 is 0. The minimum absolute atomic E-state index is 0.297. The molecule has 1 aromatic heterocycles. The summed E-state index contributed by atoms with van der Waals surface area (Å²) in [7, 11) is 0. The summed E-state index contributed by atoms with van der Waals surface area (Å²) >= 11 is 1.11. The number of nitrogens with one attached hydrogen (secondary N) is 1. The van der Waals surface area contributed by atoms with E-state index in [4.69, 9.17) is 0 Å². The van der Waals surface area contributed by atoms with E-state index in [0.29, 0.717) is 20.8 Å². The van der Waals surface area contributed by atoms with Crippen molar-refractivity contribution in [2.45, 2.75) is 9.79 Å². The van der Waals surface area contributed by atoms with Crippen molar-refractivity contribution in [3.05, 3.63) is 56.6 Å². The van der Waals surface area contributed by atoms with Crippen LogP contribution in [0.3, 0.4) is 0 Å². The van der Waals surface area contributed by atoms with Gasteiger partial charge in [0.25, 0.3) is 11.4 Å². The van der Waals surface area contributed by atoms with Crippen LogP contribution in [0.15, 0.2) is 46.2 Å². The maximum atomic E-state index is 11.1. The Morgan fingerprint density at radius 1 is 1.05 bits per heavy atom. The Balaban J connectivity index is 2.07. The molecule has 1 heterocycles. The molecule has 0 spiro atoms. The van der Waals surface area contributed by atoms with Gasteiger partial charge in [0.05, 0.1) is 26.3 Å². The van der Waals surface area contributed by atoms with E-state index in [1.165, 1.54) is 12.1 Å². The van der Waals surface area contributed by atoms with E-state index in [-0.39, 0.29) is 11.4 Å². The number of nitro groups is 2. The zero-order valence-electron chi connectivity index (χ0n) is 10.8. The van der Waals surface area contributed by atoms with Crippen LogP contribution in [0.2, 0.25) is 0 Å². The van der Waals surface area contributed by atoms with Crippen molar-refractivity contribution in [2.75, 3.05) is 0 Å². The SMILES string of the molecule is O=[N+]([O-])c1ccc(Sc2cccc3[nH]nnc23)c([N+](=O)[O-])c1. The van der Waals surface area contributed by atoms with Crippen LogP contribution < -0.4 is 0 Å². The van der Waals surface area contributed by atoms with Gasteiger partial charge >= 0.3 is 0 Å². The molecule has 0 saturated heterocycles. The summed E-state index contributed by atoms with van der Waals surface area (Å²) in [6.07, 6.45) is 0. The Labute approximate surface area is 126 Å². The number of nitrogens with zero attached hydrogens (tertiary/aromatic N) is 4. The summed E-state index contributed by atoms with van der Waals surface area (Å²) in [5.74, 6) is 0. The lowest BCUT2D eigenvalue weighted by atomic mass is 10.3. The molecule has 10 heteroatoms. The number of aromatic nitrogens is 3. The number of hydrogen-bond acceptors (Lipinski definition) is 7. The van der Waals surface area contributed by atoms with Crippen molar-refractivity contribution >= 4 is 34.2 Å². The van der Waals surface area contributed by atoms with Crippen LogP contribution in [0, 0.1) is 20.2 Å². The smallest absolute Gasteiger partial charge is 0.258 e. The quantitative estimate of drug-likeness (QED) is 0.578. The molecule has 0 saturated carbocycles. The third kappa shape index (κ3) is 2.46. The van der Waals surface area contributed by atoms with Gasteiger partial charge in [-0.2, -0.15) is 0 Å². The summed E-state index contributed by atoms with van der Waals surface area (Å²) in [4.78, 5) is 21.5. The van der Waals surface area contributed by atoms with Gasteiger partial charge in [0, 0.05) is 11.0 Å². The van der Waals surface area contributed by atoms with Crippen LogP contribution in [-0.4, -0.2) is 25.3 Å². The standard InChI is InChI=1S/C12H7N5O4S/c18-16(19)7-4-5-10(9(6-7)17(20)21)22-11-3-1-2-8-12(11)14-15-13-8/h1-6H,(H,13,14,15). The molecule has 0 aliphatic carbocycles. The molecule has 2 aromatic carbocycles. The third-order valence-electron chi connectivity index (χ3n) is 2.89. The number of fused-ring (bicyclic) bond motifs is 1. The van der Waals surface area contributed by atoms with Gasteiger partial charge in [-0.25, -0.2) is 0 Å². The van der Waals surface area contributed by atoms with E-state index >= 15 is 0 Å². The first-order valence-corrected chi connectivity index (χ1v) is 6.78. The van der Waals surface area contributed by atoms with Crippen molar-refractivity contribution in [3.63, 3.8) is 0 Å². The fraction of sp³-hybridized carbons (Fsp3) is 0. The lowest BCUT2D eigenvalue weighted by molar-refractivity contribution is -0.396. The number of non-ortho nitro benzene ring substituents is 1. The molecule has 3 rings (SSSR count). The molecule has 110 valence electrons. The van der Waals surface area contributed by atoms with Gasteiger partial charge < -0.3 is 0 Å². The molecule has 1 N–H and O–H groups in total. The average Bonchev–Trinajstić information content (AvgIpc) is 2.96. The lowest BCUT2D eigenvalue weighted by Crippen LogP contribution is -1.94. The van der Waals surface area contributed by atoms with Gasteiger partial charge in [0.1, 0.15) is 5.52 Å². The minimum Gasteiger partial charge on any atom is -0.258 e. The molecule has 0 aliphatic rings. The van der Waals surface area contributed by atoms with Gasteiger partial charge in [-0.05, 0) is 18.2 Å². The summed E-state index contributed by atoms with van der Waals surface area (Å²) in [5, 5.41) is 32.2. The first-order chi connectivity index (χ1) is 10.6. The van der Waals surface area contributed by atoms with Crippen LogP contribution >= 0.6 is 11.8 Å². The van der Waals surface area contributed by atoms with E-state index in [1.54, 1.807) is 18.2 Å². The Morgan fingerprint density at radius 2 is 1.86 bits per heavy atom. The second-order valence-corrected chi connectivity index (χ2v) is 5.32. The highest BCUT2D eigenvalue weighted by molar-refractivity contribution is 7.99. The zero-order valence-corrected chi connectivity index (χ0v) is 11.6. The number of hydrogen-bond donors (Lipinski definition) is 1. The molecular weight excluding hydrogens is 310 g/mol. The molecule has 22 heavy (non-hydrogen) atoms. The largest absolute Gasteiger partial charge is 0.290 e. The summed E-state index contributed by atoms with van der Waals surface area (Å²) in [6.45, 7) is 0. The van der Waals surface area contributed by atoms with Crippen LogP contribution in [0.4, 0.5) is 11.4 Å². The molecule has 9 nitrogen and oxygen atoms in total. The molecular formula is C12H7N5O4S.